The third-order valence-corrected chi connectivity index (χ3v) is 7.20. The van der Waals surface area contributed by atoms with Crippen LogP contribution in [0.2, 0.25) is 5.02 Å². The Bertz CT molecular complexity index is 1040. The number of non-ortho nitro benzene ring substituents is 1. The van der Waals surface area contributed by atoms with Crippen LogP contribution in [0.4, 0.5) is 11.4 Å². The monoisotopic (exact) mass is 470 g/mol. The number of ether oxygens (including phenoxy) is 1. The molecule has 9 heteroatoms. The van der Waals surface area contributed by atoms with Crippen molar-refractivity contribution in [3.05, 3.63) is 68.7 Å². The lowest BCUT2D eigenvalue weighted by atomic mass is 9.82. The molecule has 0 aliphatic carbocycles. The SMILES string of the molecule is O=C(C1Cc2cc([N+](=O)[O-])ccc2N2CCN(Cc3ccc(Cl)cc3)CC12)N1CCOCC1. The zero-order valence-electron chi connectivity index (χ0n) is 18.4. The van der Waals surface area contributed by atoms with Gasteiger partial charge in [0.05, 0.1) is 30.1 Å². The van der Waals surface area contributed by atoms with Gasteiger partial charge < -0.3 is 14.5 Å². The number of piperazine rings is 1. The fraction of sp³-hybridized carbons (Fsp3) is 0.458. The van der Waals surface area contributed by atoms with Crippen molar-refractivity contribution in [1.29, 1.82) is 0 Å². The second-order valence-corrected chi connectivity index (χ2v) is 9.38. The Kier molecular flexibility index (Phi) is 6.23. The first kappa shape index (κ1) is 22.1. The lowest BCUT2D eigenvalue weighted by Gasteiger charge is -2.50. The summed E-state index contributed by atoms with van der Waals surface area (Å²) in [6, 6.07) is 13.0. The maximum absolute atomic E-state index is 13.6. The predicted molar refractivity (Wildman–Crippen MR) is 126 cm³/mol. The number of halogens is 1. The Morgan fingerprint density at radius 3 is 2.58 bits per heavy atom. The lowest BCUT2D eigenvalue weighted by Crippen LogP contribution is -2.61. The molecule has 3 aliphatic heterocycles. The van der Waals surface area contributed by atoms with Crippen molar-refractivity contribution in [2.24, 2.45) is 5.92 Å². The van der Waals surface area contributed by atoms with Crippen molar-refractivity contribution in [3.63, 3.8) is 0 Å². The van der Waals surface area contributed by atoms with Crippen molar-refractivity contribution in [3.8, 4) is 0 Å². The molecule has 1 amide bonds. The molecule has 5 rings (SSSR count). The van der Waals surface area contributed by atoms with E-state index in [0.29, 0.717) is 32.7 Å². The van der Waals surface area contributed by atoms with E-state index >= 15 is 0 Å². The average Bonchev–Trinajstić information content (AvgIpc) is 2.84. The van der Waals surface area contributed by atoms with Crippen LogP contribution in [0.1, 0.15) is 11.1 Å². The first-order valence-corrected chi connectivity index (χ1v) is 11.7. The summed E-state index contributed by atoms with van der Waals surface area (Å²) in [5.74, 6) is -0.121. The first-order valence-electron chi connectivity index (χ1n) is 11.4. The third-order valence-electron chi connectivity index (χ3n) is 6.95. The van der Waals surface area contributed by atoms with E-state index in [1.807, 2.05) is 35.2 Å². The number of rotatable bonds is 4. The minimum absolute atomic E-state index is 0.0235. The molecule has 0 spiro atoms. The summed E-state index contributed by atoms with van der Waals surface area (Å²) in [5.41, 5.74) is 3.17. The summed E-state index contributed by atoms with van der Waals surface area (Å²) in [5, 5.41) is 12.1. The second-order valence-electron chi connectivity index (χ2n) is 8.94. The lowest BCUT2D eigenvalue weighted by molar-refractivity contribution is -0.384. The molecule has 2 fully saturated rings. The van der Waals surface area contributed by atoms with Crippen LogP contribution in [0, 0.1) is 16.0 Å². The van der Waals surface area contributed by atoms with E-state index < -0.39 is 0 Å². The molecule has 2 aromatic rings. The third kappa shape index (κ3) is 4.55. The van der Waals surface area contributed by atoms with Gasteiger partial charge in [0.1, 0.15) is 0 Å². The van der Waals surface area contributed by atoms with E-state index in [9.17, 15) is 14.9 Å². The van der Waals surface area contributed by atoms with Crippen molar-refractivity contribution in [2.45, 2.75) is 19.0 Å². The Balaban J connectivity index is 1.43. The van der Waals surface area contributed by atoms with Gasteiger partial charge in [-0.15, -0.1) is 0 Å². The van der Waals surface area contributed by atoms with Gasteiger partial charge in [-0.05, 0) is 35.7 Å². The topological polar surface area (TPSA) is 79.2 Å². The fourth-order valence-electron chi connectivity index (χ4n) is 5.28. The smallest absolute Gasteiger partial charge is 0.269 e. The van der Waals surface area contributed by atoms with Gasteiger partial charge >= 0.3 is 0 Å². The maximum Gasteiger partial charge on any atom is 0.269 e. The number of morpholine rings is 1. The summed E-state index contributed by atoms with van der Waals surface area (Å²) >= 11 is 6.04. The predicted octanol–water partition coefficient (Wildman–Crippen LogP) is 2.97. The number of nitro groups is 1. The van der Waals surface area contributed by atoms with Crippen LogP contribution >= 0.6 is 11.6 Å². The molecular weight excluding hydrogens is 444 g/mol. The average molecular weight is 471 g/mol. The number of hydrogen-bond acceptors (Lipinski definition) is 6. The molecule has 3 heterocycles. The minimum Gasteiger partial charge on any atom is -0.378 e. The first-order chi connectivity index (χ1) is 16.0. The molecule has 0 aromatic heterocycles. The van der Waals surface area contributed by atoms with Gasteiger partial charge in [0.25, 0.3) is 5.69 Å². The van der Waals surface area contributed by atoms with Crippen molar-refractivity contribution in [2.75, 3.05) is 50.8 Å². The zero-order chi connectivity index (χ0) is 22.9. The molecule has 2 unspecified atom stereocenters. The summed E-state index contributed by atoms with van der Waals surface area (Å²) < 4.78 is 5.44. The molecule has 174 valence electrons. The van der Waals surface area contributed by atoms with Gasteiger partial charge in [-0.2, -0.15) is 0 Å². The standard InChI is InChI=1S/C24H27ClN4O4/c25-19-3-1-17(2-4-19)15-26-7-8-28-22-6-5-20(29(31)32)13-18(22)14-21(23(28)16-26)24(30)27-9-11-33-12-10-27/h1-6,13,21,23H,7-12,14-16H2. The van der Waals surface area contributed by atoms with Crippen LogP contribution in [-0.2, 0) is 22.5 Å². The van der Waals surface area contributed by atoms with E-state index in [2.05, 4.69) is 9.80 Å². The van der Waals surface area contributed by atoms with Crippen LogP contribution in [0.5, 0.6) is 0 Å². The molecule has 2 aromatic carbocycles. The normalized spacial score (nSPS) is 23.1. The number of nitrogens with zero attached hydrogens (tertiary/aromatic N) is 4. The van der Waals surface area contributed by atoms with E-state index in [4.69, 9.17) is 16.3 Å². The van der Waals surface area contributed by atoms with E-state index in [0.717, 1.165) is 42.5 Å². The van der Waals surface area contributed by atoms with Gasteiger partial charge in [-0.25, -0.2) is 0 Å². The highest BCUT2D eigenvalue weighted by Gasteiger charge is 2.43. The van der Waals surface area contributed by atoms with Gasteiger partial charge in [0, 0.05) is 62.1 Å². The van der Waals surface area contributed by atoms with Crippen LogP contribution < -0.4 is 4.90 Å². The number of benzene rings is 2. The van der Waals surface area contributed by atoms with Crippen LogP contribution in [0.15, 0.2) is 42.5 Å². The number of hydrogen-bond donors (Lipinski definition) is 0. The highest BCUT2D eigenvalue weighted by molar-refractivity contribution is 6.30. The zero-order valence-corrected chi connectivity index (χ0v) is 19.1. The van der Waals surface area contributed by atoms with Gasteiger partial charge in [-0.1, -0.05) is 23.7 Å². The molecule has 33 heavy (non-hydrogen) atoms. The number of nitro benzene ring substituents is 1. The molecule has 0 N–H and O–H groups in total. The molecule has 0 radical (unpaired) electrons. The van der Waals surface area contributed by atoms with Crippen molar-refractivity contribution < 1.29 is 14.5 Å². The van der Waals surface area contributed by atoms with E-state index in [1.165, 1.54) is 5.56 Å². The summed E-state index contributed by atoms with van der Waals surface area (Å²) in [6.45, 7) is 5.49. The highest BCUT2D eigenvalue weighted by Crippen LogP contribution is 2.38. The quantitative estimate of drug-likeness (QED) is 0.505. The molecular formula is C24H27ClN4O4. The number of carbonyl (C=O) groups excluding carboxylic acids is 1. The van der Waals surface area contributed by atoms with E-state index in [-0.39, 0.29) is 28.5 Å². The Morgan fingerprint density at radius 2 is 1.85 bits per heavy atom. The largest absolute Gasteiger partial charge is 0.378 e. The van der Waals surface area contributed by atoms with Gasteiger partial charge in [0.15, 0.2) is 0 Å². The summed E-state index contributed by atoms with van der Waals surface area (Å²) in [7, 11) is 0. The van der Waals surface area contributed by atoms with E-state index in [1.54, 1.807) is 12.1 Å². The number of fused-ring (bicyclic) bond motifs is 3. The highest BCUT2D eigenvalue weighted by atomic mass is 35.5. The Morgan fingerprint density at radius 1 is 1.09 bits per heavy atom. The fourth-order valence-corrected chi connectivity index (χ4v) is 5.40. The molecule has 3 aliphatic rings. The molecule has 0 saturated carbocycles. The number of anilines is 1. The molecule has 0 bridgehead atoms. The number of carbonyl (C=O) groups is 1. The second kappa shape index (κ2) is 9.29. The van der Waals surface area contributed by atoms with Crippen molar-refractivity contribution >= 4 is 28.9 Å². The van der Waals surface area contributed by atoms with Crippen LogP contribution in [-0.4, -0.2) is 72.6 Å². The van der Waals surface area contributed by atoms with Gasteiger partial charge in [0.2, 0.25) is 5.91 Å². The van der Waals surface area contributed by atoms with Crippen LogP contribution in [0.3, 0.4) is 0 Å². The molecule has 8 nitrogen and oxygen atoms in total. The summed E-state index contributed by atoms with van der Waals surface area (Å²) in [4.78, 5) is 31.2. The summed E-state index contributed by atoms with van der Waals surface area (Å²) in [6.07, 6.45) is 0.517. The van der Waals surface area contributed by atoms with Gasteiger partial charge in [-0.3, -0.25) is 19.8 Å². The number of amides is 1. The van der Waals surface area contributed by atoms with Crippen LogP contribution in [0.25, 0.3) is 0 Å². The molecule has 2 atom stereocenters. The Hall–Kier alpha value is -2.68. The van der Waals surface area contributed by atoms with Crippen molar-refractivity contribution in [1.82, 2.24) is 9.80 Å². The Labute approximate surface area is 197 Å². The minimum atomic E-state index is -0.366. The maximum atomic E-state index is 13.6. The molecule has 2 saturated heterocycles.